The average molecular weight is 482 g/mol. The van der Waals surface area contributed by atoms with Crippen LogP contribution in [0.1, 0.15) is 52.6 Å². The Kier molecular flexibility index (Phi) is 6.14. The van der Waals surface area contributed by atoms with Crippen LogP contribution >= 0.6 is 0 Å². The van der Waals surface area contributed by atoms with Gasteiger partial charge in [0.1, 0.15) is 0 Å². The van der Waals surface area contributed by atoms with Crippen LogP contribution in [0.25, 0.3) is 0 Å². The molecular weight excluding hydrogens is 454 g/mol. The number of ether oxygens (including phenoxy) is 1. The Morgan fingerprint density at radius 1 is 0.861 bits per heavy atom. The molecule has 3 aromatic carbocycles. The molecule has 7 nitrogen and oxygen atoms in total. The van der Waals surface area contributed by atoms with E-state index in [4.69, 9.17) is 9.15 Å². The Hall–Kier alpha value is -4.26. The summed E-state index contributed by atoms with van der Waals surface area (Å²) in [6.45, 7) is 5.86. The fraction of sp³-hybridized carbons (Fsp3) is 0.241. The molecule has 0 aliphatic carbocycles. The minimum absolute atomic E-state index is 0.0214. The van der Waals surface area contributed by atoms with Gasteiger partial charge in [0.05, 0.1) is 12.5 Å². The molecule has 7 heteroatoms. The molecule has 4 aromatic rings. The van der Waals surface area contributed by atoms with E-state index in [1.54, 1.807) is 6.92 Å². The van der Waals surface area contributed by atoms with E-state index in [0.29, 0.717) is 12.3 Å². The average Bonchev–Trinajstić information content (AvgIpc) is 3.42. The highest BCUT2D eigenvalue weighted by molar-refractivity contribution is 6.03. The van der Waals surface area contributed by atoms with E-state index in [1.165, 1.54) is 0 Å². The Labute approximate surface area is 209 Å². The van der Waals surface area contributed by atoms with Gasteiger partial charge in [0, 0.05) is 6.42 Å². The van der Waals surface area contributed by atoms with Crippen LogP contribution in [0.3, 0.4) is 0 Å². The molecule has 182 valence electrons. The summed E-state index contributed by atoms with van der Waals surface area (Å²) in [5.41, 5.74) is 3.18. The van der Waals surface area contributed by atoms with Crippen LogP contribution in [0.2, 0.25) is 0 Å². The van der Waals surface area contributed by atoms with Crippen molar-refractivity contribution in [1.82, 2.24) is 15.1 Å². The summed E-state index contributed by atoms with van der Waals surface area (Å²) >= 11 is 0. The van der Waals surface area contributed by atoms with Gasteiger partial charge >= 0.3 is 6.09 Å². The standard InChI is InChI=1S/C29H27N3O4/c1-19-14-20(2)16-23(15-19)17-25-30-31-26(35-25)29(18-22-10-6-4-7-11-22)27(33)32(28(34)36-29)21(3)24-12-8-5-9-13-24/h4-16,21H,17-18H2,1-3H3/t21-,29-/m1/s1. The Bertz CT molecular complexity index is 1380. The molecule has 0 N–H and O–H groups in total. The minimum Gasteiger partial charge on any atom is -0.422 e. The number of hydrogen-bond donors (Lipinski definition) is 0. The Morgan fingerprint density at radius 3 is 2.17 bits per heavy atom. The highest BCUT2D eigenvalue weighted by Gasteiger charge is 2.60. The highest BCUT2D eigenvalue weighted by atomic mass is 16.6. The molecule has 1 aromatic heterocycles. The van der Waals surface area contributed by atoms with E-state index >= 15 is 0 Å². The second-order valence-electron chi connectivity index (χ2n) is 9.29. The predicted molar refractivity (Wildman–Crippen MR) is 133 cm³/mol. The van der Waals surface area contributed by atoms with Gasteiger partial charge in [-0.25, -0.2) is 9.69 Å². The number of amides is 2. The zero-order valence-electron chi connectivity index (χ0n) is 20.5. The molecule has 0 spiro atoms. The molecule has 0 radical (unpaired) electrons. The quantitative estimate of drug-likeness (QED) is 0.349. The van der Waals surface area contributed by atoms with Crippen molar-refractivity contribution in [2.45, 2.75) is 45.3 Å². The molecule has 1 aliphatic rings. The first-order chi connectivity index (χ1) is 17.4. The molecule has 2 heterocycles. The summed E-state index contributed by atoms with van der Waals surface area (Å²) in [7, 11) is 0. The molecule has 2 amide bonds. The monoisotopic (exact) mass is 481 g/mol. The fourth-order valence-corrected chi connectivity index (χ4v) is 4.77. The third-order valence-corrected chi connectivity index (χ3v) is 6.44. The van der Waals surface area contributed by atoms with Crippen molar-refractivity contribution in [2.75, 3.05) is 0 Å². The molecular formula is C29H27N3O4. The first-order valence-corrected chi connectivity index (χ1v) is 11.9. The normalized spacial score (nSPS) is 18.4. The van der Waals surface area contributed by atoms with Crippen LogP contribution in [-0.2, 0) is 28.0 Å². The molecule has 1 aliphatic heterocycles. The van der Waals surface area contributed by atoms with E-state index in [0.717, 1.165) is 32.7 Å². The lowest BCUT2D eigenvalue weighted by Gasteiger charge is -2.23. The summed E-state index contributed by atoms with van der Waals surface area (Å²) < 4.78 is 11.9. The summed E-state index contributed by atoms with van der Waals surface area (Å²) in [5, 5.41) is 8.43. The smallest absolute Gasteiger partial charge is 0.418 e. The van der Waals surface area contributed by atoms with Crippen molar-refractivity contribution in [3.8, 4) is 0 Å². The van der Waals surface area contributed by atoms with E-state index in [2.05, 4.69) is 28.4 Å². The first-order valence-electron chi connectivity index (χ1n) is 11.9. The number of hydrogen-bond acceptors (Lipinski definition) is 6. The maximum absolute atomic E-state index is 14.0. The molecule has 0 bridgehead atoms. The van der Waals surface area contributed by atoms with Crippen molar-refractivity contribution in [1.29, 1.82) is 0 Å². The molecule has 1 fully saturated rings. The van der Waals surface area contributed by atoms with Crippen molar-refractivity contribution in [3.05, 3.63) is 118 Å². The Balaban J connectivity index is 1.52. The number of imide groups is 1. The highest BCUT2D eigenvalue weighted by Crippen LogP contribution is 2.41. The van der Waals surface area contributed by atoms with Crippen LogP contribution in [0.5, 0.6) is 0 Å². The summed E-state index contributed by atoms with van der Waals surface area (Å²) in [5.74, 6) is -0.193. The van der Waals surface area contributed by atoms with Gasteiger partial charge in [0.25, 0.3) is 17.4 Å². The number of cyclic esters (lactones) is 1. The van der Waals surface area contributed by atoms with Crippen molar-refractivity contribution in [2.24, 2.45) is 0 Å². The van der Waals surface area contributed by atoms with Gasteiger partial charge in [0.15, 0.2) is 0 Å². The van der Waals surface area contributed by atoms with Gasteiger partial charge in [-0.3, -0.25) is 4.79 Å². The summed E-state index contributed by atoms with van der Waals surface area (Å²) in [6.07, 6.45) is -0.244. The van der Waals surface area contributed by atoms with Crippen LogP contribution < -0.4 is 0 Å². The van der Waals surface area contributed by atoms with Crippen LogP contribution in [-0.4, -0.2) is 27.1 Å². The van der Waals surface area contributed by atoms with Crippen molar-refractivity contribution < 1.29 is 18.7 Å². The molecule has 5 rings (SSSR count). The minimum atomic E-state index is -1.74. The Morgan fingerprint density at radius 2 is 1.50 bits per heavy atom. The number of rotatable bonds is 7. The lowest BCUT2D eigenvalue weighted by Crippen LogP contribution is -2.41. The number of carbonyl (C=O) groups is 2. The van der Waals surface area contributed by atoms with Crippen LogP contribution in [0.4, 0.5) is 4.79 Å². The number of aromatic nitrogens is 2. The topological polar surface area (TPSA) is 85.5 Å². The van der Waals surface area contributed by atoms with Crippen molar-refractivity contribution in [3.63, 3.8) is 0 Å². The van der Waals surface area contributed by atoms with E-state index in [-0.39, 0.29) is 12.3 Å². The summed E-state index contributed by atoms with van der Waals surface area (Å²) in [4.78, 5) is 28.3. The van der Waals surface area contributed by atoms with Gasteiger partial charge in [0.2, 0.25) is 5.89 Å². The molecule has 2 atom stereocenters. The van der Waals surface area contributed by atoms with Gasteiger partial charge in [-0.05, 0) is 37.5 Å². The molecule has 36 heavy (non-hydrogen) atoms. The maximum atomic E-state index is 14.0. The third kappa shape index (κ3) is 4.40. The lowest BCUT2D eigenvalue weighted by atomic mass is 9.92. The first kappa shape index (κ1) is 23.5. The molecule has 0 saturated carbocycles. The van der Waals surface area contributed by atoms with E-state index < -0.39 is 23.6 Å². The second-order valence-corrected chi connectivity index (χ2v) is 9.29. The van der Waals surface area contributed by atoms with Crippen molar-refractivity contribution >= 4 is 12.0 Å². The fourth-order valence-electron chi connectivity index (χ4n) is 4.77. The van der Waals surface area contributed by atoms with Crippen LogP contribution in [0, 0.1) is 13.8 Å². The number of aryl methyl sites for hydroxylation is 2. The van der Waals surface area contributed by atoms with Crippen LogP contribution in [0.15, 0.2) is 83.3 Å². The zero-order chi connectivity index (χ0) is 25.3. The predicted octanol–water partition coefficient (Wildman–Crippen LogP) is 5.46. The number of carbonyl (C=O) groups excluding carboxylic acids is 2. The number of benzene rings is 3. The van der Waals surface area contributed by atoms with Gasteiger partial charge in [-0.2, -0.15) is 0 Å². The van der Waals surface area contributed by atoms with E-state index in [1.807, 2.05) is 74.5 Å². The third-order valence-electron chi connectivity index (χ3n) is 6.44. The molecule has 0 unspecified atom stereocenters. The van der Waals surface area contributed by atoms with Gasteiger partial charge in [-0.15, -0.1) is 10.2 Å². The lowest BCUT2D eigenvalue weighted by molar-refractivity contribution is -0.140. The SMILES string of the molecule is Cc1cc(C)cc(Cc2nnc([C@@]3(Cc4ccccc4)OC(=O)N([C@H](C)c4ccccc4)C3=O)o2)c1. The van der Waals surface area contributed by atoms with Gasteiger partial charge < -0.3 is 9.15 Å². The van der Waals surface area contributed by atoms with E-state index in [9.17, 15) is 9.59 Å². The molecule has 1 saturated heterocycles. The summed E-state index contributed by atoms with van der Waals surface area (Å²) in [6, 6.07) is 24.4. The second kappa shape index (κ2) is 9.41. The maximum Gasteiger partial charge on any atom is 0.418 e. The number of nitrogens with zero attached hydrogens (tertiary/aromatic N) is 3. The largest absolute Gasteiger partial charge is 0.422 e. The van der Waals surface area contributed by atoms with Gasteiger partial charge in [-0.1, -0.05) is 90.0 Å². The zero-order valence-corrected chi connectivity index (χ0v) is 20.5.